The average molecular weight is 427 g/mol. The number of alkyl halides is 3. The van der Waals surface area contributed by atoms with Crippen molar-refractivity contribution in [3.8, 4) is 11.8 Å². The number of nitrogens with zero attached hydrogens (tertiary/aromatic N) is 3. The van der Waals surface area contributed by atoms with Gasteiger partial charge in [-0.1, -0.05) is 11.6 Å². The normalized spacial score (nSPS) is 13.4. The van der Waals surface area contributed by atoms with Crippen molar-refractivity contribution in [2.24, 2.45) is 0 Å². The lowest BCUT2D eigenvalue weighted by Gasteiger charge is -2.13. The Morgan fingerprint density at radius 1 is 1.44 bits per heavy atom. The molecule has 1 atom stereocenters. The van der Waals surface area contributed by atoms with Gasteiger partial charge in [-0.3, -0.25) is 0 Å². The van der Waals surface area contributed by atoms with Crippen LogP contribution in [0.5, 0.6) is 0 Å². The lowest BCUT2D eigenvalue weighted by molar-refractivity contribution is -0.137. The van der Waals surface area contributed by atoms with Gasteiger partial charge in [0, 0.05) is 7.11 Å². The fourth-order valence-electron chi connectivity index (χ4n) is 2.26. The van der Waals surface area contributed by atoms with Crippen LogP contribution < -0.4 is 5.73 Å². The molecule has 0 fully saturated rings. The first-order chi connectivity index (χ1) is 12.5. The lowest BCUT2D eigenvalue weighted by atomic mass is 10.1. The number of hydrogen-bond donors (Lipinski definition) is 1. The fraction of sp³-hybridized carbons (Fsp3) is 0.267. The van der Waals surface area contributed by atoms with Crippen LogP contribution in [0.15, 0.2) is 17.0 Å². The number of hydrogen-bond acceptors (Lipinski definition) is 4. The molecule has 146 valence electrons. The third-order valence-corrected chi connectivity index (χ3v) is 4.96. The molecule has 0 aliphatic heterocycles. The van der Waals surface area contributed by atoms with Crippen LogP contribution in [-0.2, 0) is 17.5 Å². The molecule has 1 unspecified atom stereocenters. The minimum Gasteiger partial charge on any atom is -0.383 e. The number of halogens is 6. The molecule has 12 heteroatoms. The molecule has 0 spiro atoms. The summed E-state index contributed by atoms with van der Waals surface area (Å²) >= 11 is 5.94. The molecule has 0 bridgehead atoms. The van der Waals surface area contributed by atoms with Crippen molar-refractivity contribution >= 4 is 33.4 Å². The Hall–Kier alpha value is -2.16. The third-order valence-electron chi connectivity index (χ3n) is 3.37. The maximum atomic E-state index is 14.3. The minimum absolute atomic E-state index is 0.0716. The minimum atomic E-state index is -4.73. The zero-order chi connectivity index (χ0) is 20.5. The summed E-state index contributed by atoms with van der Waals surface area (Å²) < 4.78 is 72.2. The predicted molar refractivity (Wildman–Crippen MR) is 92.2 cm³/mol. The first kappa shape index (κ1) is 21.1. The van der Waals surface area contributed by atoms with Gasteiger partial charge in [-0.25, -0.2) is 9.07 Å². The first-order valence-corrected chi connectivity index (χ1v) is 8.60. The molecule has 2 aromatic rings. The summed E-state index contributed by atoms with van der Waals surface area (Å²) in [6.07, 6.45) is -4.73. The number of nitriles is 1. The summed E-state index contributed by atoms with van der Waals surface area (Å²) in [6, 6.07) is 2.75. The number of nitrogens with two attached hydrogens (primary N) is 1. The van der Waals surface area contributed by atoms with Crippen LogP contribution in [0.4, 0.5) is 27.3 Å². The molecule has 2 N–H and O–H groups in total. The summed E-state index contributed by atoms with van der Waals surface area (Å²) in [5, 5.41) is 11.7. The molecule has 1 aromatic carbocycles. The van der Waals surface area contributed by atoms with Crippen molar-refractivity contribution in [2.45, 2.75) is 24.6 Å². The summed E-state index contributed by atoms with van der Waals surface area (Å²) in [6.45, 7) is 0.662. The van der Waals surface area contributed by atoms with Gasteiger partial charge in [-0.15, -0.1) is 0 Å². The topological polar surface area (TPSA) is 76.9 Å². The Morgan fingerprint density at radius 2 is 2.07 bits per heavy atom. The van der Waals surface area contributed by atoms with Crippen LogP contribution in [0.1, 0.15) is 23.7 Å². The van der Waals surface area contributed by atoms with E-state index in [9.17, 15) is 26.7 Å². The number of methoxy groups -OCH3 is 1. The standard InChI is InChI=1S/C15H12ClF5N4OS/c1-7(17)27(21)13-11(6-26-2)24-25(14(13)23)12-8(5-22)3-9(4-10(12)16)15(18,19)20/h3-4H,6,23H2,1-2H3. The Balaban J connectivity index is 2.82. The van der Waals surface area contributed by atoms with Crippen LogP contribution in [0.3, 0.4) is 0 Å². The molecule has 5 nitrogen and oxygen atoms in total. The molecule has 0 saturated heterocycles. The SMILES string of the molecule is COCc1nn(-c2c(Cl)cc(C(F)(F)F)cc2C#N)c(N)c1/S(F)=C(/C)F. The van der Waals surface area contributed by atoms with Crippen LogP contribution >= 0.6 is 22.5 Å². The second-order valence-electron chi connectivity index (χ2n) is 5.20. The van der Waals surface area contributed by atoms with Gasteiger partial charge in [0.25, 0.3) is 0 Å². The van der Waals surface area contributed by atoms with Crippen molar-refractivity contribution in [1.29, 1.82) is 5.26 Å². The van der Waals surface area contributed by atoms with Gasteiger partial charge in [0.05, 0.1) is 33.6 Å². The highest BCUT2D eigenvalue weighted by Gasteiger charge is 2.33. The van der Waals surface area contributed by atoms with E-state index in [0.29, 0.717) is 12.1 Å². The molecule has 0 saturated carbocycles. The first-order valence-electron chi connectivity index (χ1n) is 7.10. The second-order valence-corrected chi connectivity index (χ2v) is 7.09. The second kappa shape index (κ2) is 7.84. The van der Waals surface area contributed by atoms with Crippen molar-refractivity contribution in [3.05, 3.63) is 34.0 Å². The molecule has 0 aliphatic carbocycles. The molecule has 2 rings (SSSR count). The van der Waals surface area contributed by atoms with Crippen LogP contribution in [0.25, 0.3) is 5.69 Å². The molecular formula is C15H12ClF5N4OS. The quantitative estimate of drug-likeness (QED) is 0.434. The number of ether oxygens (including phenoxy) is 1. The number of anilines is 1. The Kier molecular flexibility index (Phi) is 6.14. The van der Waals surface area contributed by atoms with Gasteiger partial charge in [-0.2, -0.15) is 27.4 Å². The van der Waals surface area contributed by atoms with E-state index >= 15 is 0 Å². The number of benzene rings is 1. The monoisotopic (exact) mass is 426 g/mol. The van der Waals surface area contributed by atoms with Gasteiger partial charge in [-0.05, 0) is 19.1 Å². The largest absolute Gasteiger partial charge is 0.416 e. The summed E-state index contributed by atoms with van der Waals surface area (Å²) in [5.41, 5.74) is 3.88. The van der Waals surface area contributed by atoms with E-state index in [2.05, 4.69) is 5.10 Å². The van der Waals surface area contributed by atoms with E-state index in [1.54, 1.807) is 6.07 Å². The maximum Gasteiger partial charge on any atom is 0.416 e. The third kappa shape index (κ3) is 4.07. The van der Waals surface area contributed by atoms with E-state index in [-0.39, 0.29) is 22.9 Å². The molecule has 1 heterocycles. The summed E-state index contributed by atoms with van der Waals surface area (Å²) in [7, 11) is -1.26. The number of aromatic nitrogens is 2. The van der Waals surface area contributed by atoms with Gasteiger partial charge >= 0.3 is 6.18 Å². The summed E-state index contributed by atoms with van der Waals surface area (Å²) in [5.74, 6) is -0.400. The fourth-order valence-corrected chi connectivity index (χ4v) is 3.42. The number of nitrogen functional groups attached to an aromatic ring is 1. The van der Waals surface area contributed by atoms with Crippen LogP contribution in [-0.4, -0.2) is 22.0 Å². The van der Waals surface area contributed by atoms with Gasteiger partial charge in [0.1, 0.15) is 28.2 Å². The van der Waals surface area contributed by atoms with Crippen molar-refractivity contribution in [1.82, 2.24) is 9.78 Å². The molecule has 0 aliphatic rings. The van der Waals surface area contributed by atoms with E-state index in [4.69, 9.17) is 22.1 Å². The molecule has 0 radical (unpaired) electrons. The molecule has 0 amide bonds. The van der Waals surface area contributed by atoms with E-state index in [1.165, 1.54) is 7.11 Å². The molecule has 1 aromatic heterocycles. The van der Waals surface area contributed by atoms with Crippen molar-refractivity contribution in [3.63, 3.8) is 0 Å². The number of rotatable bonds is 4. The Labute approximate surface area is 158 Å². The highest BCUT2D eigenvalue weighted by Crippen LogP contribution is 2.41. The van der Waals surface area contributed by atoms with Crippen LogP contribution in [0.2, 0.25) is 5.02 Å². The summed E-state index contributed by atoms with van der Waals surface area (Å²) in [4.78, 5) is -0.322. The zero-order valence-corrected chi connectivity index (χ0v) is 15.4. The van der Waals surface area contributed by atoms with Crippen LogP contribution in [0, 0.1) is 11.3 Å². The van der Waals surface area contributed by atoms with Gasteiger partial charge in [0.15, 0.2) is 5.12 Å². The van der Waals surface area contributed by atoms with Crippen molar-refractivity contribution < 1.29 is 26.2 Å². The van der Waals surface area contributed by atoms with E-state index < -0.39 is 44.1 Å². The lowest BCUT2D eigenvalue weighted by Crippen LogP contribution is -2.10. The maximum absolute atomic E-state index is 14.3. The van der Waals surface area contributed by atoms with E-state index in [0.717, 1.165) is 11.6 Å². The highest BCUT2D eigenvalue weighted by atomic mass is 35.5. The highest BCUT2D eigenvalue weighted by molar-refractivity contribution is 8.11. The average Bonchev–Trinajstić information content (AvgIpc) is 2.88. The van der Waals surface area contributed by atoms with E-state index in [1.807, 2.05) is 0 Å². The predicted octanol–water partition coefficient (Wildman–Crippen LogP) is 4.78. The molecular weight excluding hydrogens is 415 g/mol. The molecule has 27 heavy (non-hydrogen) atoms. The van der Waals surface area contributed by atoms with Gasteiger partial charge in [0.2, 0.25) is 0 Å². The zero-order valence-electron chi connectivity index (χ0n) is 13.9. The Morgan fingerprint density at radius 3 is 2.56 bits per heavy atom. The Bertz CT molecular complexity index is 961. The smallest absolute Gasteiger partial charge is 0.383 e. The van der Waals surface area contributed by atoms with Crippen molar-refractivity contribution in [2.75, 3.05) is 12.8 Å². The van der Waals surface area contributed by atoms with Gasteiger partial charge < -0.3 is 10.5 Å².